The maximum absolute atomic E-state index is 13.3. The van der Waals surface area contributed by atoms with Gasteiger partial charge in [0, 0.05) is 30.6 Å². The summed E-state index contributed by atoms with van der Waals surface area (Å²) in [4.78, 5) is 23.7. The molecule has 0 atom stereocenters. The van der Waals surface area contributed by atoms with Crippen molar-refractivity contribution < 1.29 is 17.9 Å². The van der Waals surface area contributed by atoms with Gasteiger partial charge in [-0.25, -0.2) is 18.4 Å². The van der Waals surface area contributed by atoms with Gasteiger partial charge >= 0.3 is 0 Å². The largest absolute Gasteiger partial charge is 0.492 e. The van der Waals surface area contributed by atoms with Gasteiger partial charge in [0.25, 0.3) is 5.91 Å². The second-order valence-corrected chi connectivity index (χ2v) is 10.4. The van der Waals surface area contributed by atoms with Gasteiger partial charge in [-0.05, 0) is 44.5 Å². The van der Waals surface area contributed by atoms with E-state index in [0.29, 0.717) is 42.4 Å². The first-order valence-corrected chi connectivity index (χ1v) is 13.3. The lowest BCUT2D eigenvalue weighted by Crippen LogP contribution is -2.30. The molecule has 0 bridgehead atoms. The fraction of sp³-hybridized carbons (Fsp3) is 0.435. The van der Waals surface area contributed by atoms with Gasteiger partial charge in [-0.15, -0.1) is 11.3 Å². The van der Waals surface area contributed by atoms with Crippen LogP contribution in [0.4, 0.5) is 5.69 Å². The number of ether oxygens (including phenoxy) is 1. The molecule has 0 aliphatic heterocycles. The summed E-state index contributed by atoms with van der Waals surface area (Å²) >= 11 is 1.31. The second kappa shape index (κ2) is 10.1. The number of thiophene rings is 1. The number of hydrogen-bond donors (Lipinski definition) is 1. The van der Waals surface area contributed by atoms with Crippen LogP contribution in [0.5, 0.6) is 5.75 Å². The average molecular weight is 491 g/mol. The van der Waals surface area contributed by atoms with Crippen molar-refractivity contribution in [2.45, 2.75) is 52.9 Å². The van der Waals surface area contributed by atoms with E-state index in [1.54, 1.807) is 19.9 Å². The molecule has 0 saturated carbocycles. The van der Waals surface area contributed by atoms with E-state index in [1.807, 2.05) is 27.7 Å². The van der Waals surface area contributed by atoms with E-state index in [4.69, 9.17) is 4.74 Å². The van der Waals surface area contributed by atoms with Crippen LogP contribution in [-0.4, -0.2) is 48.3 Å². The first-order chi connectivity index (χ1) is 15.7. The normalized spacial score (nSPS) is 11.8. The highest BCUT2D eigenvalue weighted by Gasteiger charge is 2.25. The quantitative estimate of drug-likeness (QED) is 0.472. The van der Waals surface area contributed by atoms with Gasteiger partial charge in [0.1, 0.15) is 16.4 Å². The van der Waals surface area contributed by atoms with E-state index >= 15 is 0 Å². The molecule has 0 fully saturated rings. The third-order valence-electron chi connectivity index (χ3n) is 5.38. The third kappa shape index (κ3) is 4.87. The number of carbonyl (C=O) groups excluding carboxylic acids is 1. The van der Waals surface area contributed by atoms with E-state index in [1.165, 1.54) is 27.8 Å². The van der Waals surface area contributed by atoms with Crippen LogP contribution in [-0.2, 0) is 16.4 Å². The van der Waals surface area contributed by atoms with Crippen molar-refractivity contribution in [3.63, 3.8) is 0 Å². The zero-order valence-corrected chi connectivity index (χ0v) is 21.5. The Labute approximate surface area is 199 Å². The number of aryl methyl sites for hydroxylation is 3. The van der Waals surface area contributed by atoms with Crippen molar-refractivity contribution >= 4 is 43.2 Å². The van der Waals surface area contributed by atoms with Gasteiger partial charge in [0.2, 0.25) is 10.0 Å². The fourth-order valence-corrected chi connectivity index (χ4v) is 6.34. The molecule has 3 rings (SSSR count). The number of sulfonamides is 1. The number of anilines is 1. The van der Waals surface area contributed by atoms with Gasteiger partial charge in [-0.2, -0.15) is 4.31 Å². The van der Waals surface area contributed by atoms with Gasteiger partial charge in [-0.1, -0.05) is 20.8 Å². The van der Waals surface area contributed by atoms with E-state index in [0.717, 1.165) is 27.3 Å². The van der Waals surface area contributed by atoms with Gasteiger partial charge < -0.3 is 10.1 Å². The minimum absolute atomic E-state index is 0.104. The standard InChI is InChI=1S/C23H30N4O4S2/c1-7-19-24-15(6)20-14(5)21(32-23(20)26-19)22(28)25-17-13-16(11-12-18(17)31-10-4)33(29,30)27(8-2)9-3/h11-13H,7-10H2,1-6H3,(H,25,28). The molecule has 1 aromatic carbocycles. The summed E-state index contributed by atoms with van der Waals surface area (Å²) in [6.07, 6.45) is 0.709. The van der Waals surface area contributed by atoms with Gasteiger partial charge in [0.05, 0.1) is 22.1 Å². The highest BCUT2D eigenvalue weighted by atomic mass is 32.2. The fourth-order valence-electron chi connectivity index (χ4n) is 3.71. The Morgan fingerprint density at radius 2 is 1.82 bits per heavy atom. The van der Waals surface area contributed by atoms with Crippen LogP contribution in [0.2, 0.25) is 0 Å². The van der Waals surface area contributed by atoms with Crippen LogP contribution < -0.4 is 10.1 Å². The summed E-state index contributed by atoms with van der Waals surface area (Å²) in [5.74, 6) is 0.805. The maximum atomic E-state index is 13.3. The number of carbonyl (C=O) groups is 1. The van der Waals surface area contributed by atoms with Crippen molar-refractivity contribution in [2.75, 3.05) is 25.0 Å². The molecule has 2 heterocycles. The highest BCUT2D eigenvalue weighted by molar-refractivity contribution is 7.89. The van der Waals surface area contributed by atoms with Gasteiger partial charge in [0.15, 0.2) is 0 Å². The summed E-state index contributed by atoms with van der Waals surface area (Å²) in [7, 11) is -3.69. The van der Waals surface area contributed by atoms with E-state index in [9.17, 15) is 13.2 Å². The SMILES string of the molecule is CCOc1ccc(S(=O)(=O)N(CC)CC)cc1NC(=O)c1sc2nc(CC)nc(C)c2c1C. The number of amides is 1. The summed E-state index contributed by atoms with van der Waals surface area (Å²) in [5, 5.41) is 3.74. The predicted molar refractivity (Wildman–Crippen MR) is 132 cm³/mol. The Morgan fingerprint density at radius 3 is 2.42 bits per heavy atom. The number of nitrogens with zero attached hydrogens (tertiary/aromatic N) is 3. The summed E-state index contributed by atoms with van der Waals surface area (Å²) < 4.78 is 33.0. The van der Waals surface area contributed by atoms with Crippen LogP contribution in [0.1, 0.15) is 54.4 Å². The summed E-state index contributed by atoms with van der Waals surface area (Å²) in [6.45, 7) is 12.3. The Hall–Kier alpha value is -2.56. The molecular formula is C23H30N4O4S2. The molecular weight excluding hydrogens is 460 g/mol. The van der Waals surface area contributed by atoms with E-state index < -0.39 is 10.0 Å². The van der Waals surface area contributed by atoms with E-state index in [-0.39, 0.29) is 10.8 Å². The smallest absolute Gasteiger partial charge is 0.266 e. The van der Waals surface area contributed by atoms with Crippen molar-refractivity contribution in [1.82, 2.24) is 14.3 Å². The number of benzene rings is 1. The average Bonchev–Trinajstić information content (AvgIpc) is 3.12. The lowest BCUT2D eigenvalue weighted by atomic mass is 10.1. The second-order valence-electron chi connectivity index (χ2n) is 7.45. The molecule has 0 unspecified atom stereocenters. The molecule has 2 aromatic heterocycles. The molecule has 1 amide bonds. The van der Waals surface area contributed by atoms with Gasteiger partial charge in [-0.3, -0.25) is 4.79 Å². The predicted octanol–water partition coefficient (Wildman–Crippen LogP) is 4.55. The zero-order chi connectivity index (χ0) is 24.3. The van der Waals surface area contributed by atoms with Crippen molar-refractivity contribution in [2.24, 2.45) is 0 Å². The first kappa shape index (κ1) is 25.1. The Morgan fingerprint density at radius 1 is 1.12 bits per heavy atom. The first-order valence-electron chi connectivity index (χ1n) is 11.0. The molecule has 3 aromatic rings. The maximum Gasteiger partial charge on any atom is 0.266 e. The summed E-state index contributed by atoms with van der Waals surface area (Å²) in [5.41, 5.74) is 1.95. The molecule has 0 spiro atoms. The van der Waals surface area contributed by atoms with E-state index in [2.05, 4.69) is 15.3 Å². The molecule has 0 saturated heterocycles. The Balaban J connectivity index is 2.04. The third-order valence-corrected chi connectivity index (χ3v) is 8.61. The van der Waals surface area contributed by atoms with Crippen molar-refractivity contribution in [3.05, 3.63) is 40.2 Å². The molecule has 33 heavy (non-hydrogen) atoms. The minimum atomic E-state index is -3.69. The Kier molecular flexibility index (Phi) is 7.71. The van der Waals surface area contributed by atoms with Crippen molar-refractivity contribution in [1.29, 1.82) is 0 Å². The molecule has 0 aliphatic rings. The molecule has 178 valence electrons. The molecule has 10 heteroatoms. The zero-order valence-electron chi connectivity index (χ0n) is 19.9. The van der Waals surface area contributed by atoms with Crippen LogP contribution in [0.3, 0.4) is 0 Å². The monoisotopic (exact) mass is 490 g/mol. The molecule has 8 nitrogen and oxygen atoms in total. The molecule has 1 N–H and O–H groups in total. The number of rotatable bonds is 9. The molecule has 0 aliphatic carbocycles. The van der Waals surface area contributed by atoms with Crippen LogP contribution in [0.15, 0.2) is 23.1 Å². The van der Waals surface area contributed by atoms with Crippen molar-refractivity contribution in [3.8, 4) is 5.75 Å². The van der Waals surface area contributed by atoms with Crippen LogP contribution in [0.25, 0.3) is 10.2 Å². The highest BCUT2D eigenvalue weighted by Crippen LogP contribution is 2.34. The molecule has 0 radical (unpaired) electrons. The number of nitrogens with one attached hydrogen (secondary N) is 1. The van der Waals surface area contributed by atoms with Crippen LogP contribution in [0, 0.1) is 13.8 Å². The number of aromatic nitrogens is 2. The number of fused-ring (bicyclic) bond motifs is 1. The summed E-state index contributed by atoms with van der Waals surface area (Å²) in [6, 6.07) is 4.54. The lowest BCUT2D eigenvalue weighted by molar-refractivity contribution is 0.102. The Bertz CT molecular complexity index is 1280. The lowest BCUT2D eigenvalue weighted by Gasteiger charge is -2.20. The number of hydrogen-bond acceptors (Lipinski definition) is 7. The topological polar surface area (TPSA) is 101 Å². The van der Waals surface area contributed by atoms with Crippen LogP contribution >= 0.6 is 11.3 Å². The minimum Gasteiger partial charge on any atom is -0.492 e.